The number of H-pyrrole nitrogens is 1. The Morgan fingerprint density at radius 3 is 2.75 bits per heavy atom. The van der Waals surface area contributed by atoms with Crippen LogP contribution in [0.3, 0.4) is 0 Å². The van der Waals surface area contributed by atoms with Gasteiger partial charge >= 0.3 is 6.18 Å². The molecule has 12 heteroatoms. The van der Waals surface area contributed by atoms with Crippen molar-refractivity contribution in [2.75, 3.05) is 13.6 Å². The van der Waals surface area contributed by atoms with Gasteiger partial charge in [0.15, 0.2) is 0 Å². The lowest BCUT2D eigenvalue weighted by atomic mass is 10.2. The van der Waals surface area contributed by atoms with Gasteiger partial charge in [-0.15, -0.1) is 0 Å². The summed E-state index contributed by atoms with van der Waals surface area (Å²) >= 11 is 0. The first kappa shape index (κ1) is 24.9. The predicted octanol–water partition coefficient (Wildman–Crippen LogP) is 4.16. The number of aromatic amines is 1. The van der Waals surface area contributed by atoms with Crippen LogP contribution in [0, 0.1) is 0 Å². The minimum atomic E-state index is -4.49. The van der Waals surface area contributed by atoms with Crippen molar-refractivity contribution in [2.24, 2.45) is 9.98 Å². The lowest BCUT2D eigenvalue weighted by Crippen LogP contribution is -2.13. The van der Waals surface area contributed by atoms with Crippen molar-refractivity contribution in [3.63, 3.8) is 0 Å². The number of hydrogen-bond acceptors (Lipinski definition) is 5. The van der Waals surface area contributed by atoms with Gasteiger partial charge in [-0.05, 0) is 32.0 Å². The molecule has 0 aliphatic rings. The molecule has 0 radical (unpaired) electrons. The minimum absolute atomic E-state index is 0.0718. The van der Waals surface area contributed by atoms with Gasteiger partial charge in [0.1, 0.15) is 5.69 Å². The number of pyridine rings is 1. The molecule has 3 rings (SSSR count). The molecule has 32 heavy (non-hydrogen) atoms. The van der Waals surface area contributed by atoms with E-state index in [4.69, 9.17) is 0 Å². The van der Waals surface area contributed by atoms with Crippen molar-refractivity contribution < 1.29 is 22.0 Å². The van der Waals surface area contributed by atoms with Gasteiger partial charge in [-0.1, -0.05) is 6.07 Å². The molecule has 0 bridgehead atoms. The highest BCUT2D eigenvalue weighted by atomic mass is 19.4. The summed E-state index contributed by atoms with van der Waals surface area (Å²) in [5.41, 5.74) is 1.16. The van der Waals surface area contributed by atoms with Crippen molar-refractivity contribution in [1.29, 1.82) is 0 Å². The van der Waals surface area contributed by atoms with Gasteiger partial charge in [-0.25, -0.2) is 18.3 Å². The summed E-state index contributed by atoms with van der Waals surface area (Å²) in [6, 6.07) is 6.38. The third-order valence-corrected chi connectivity index (χ3v) is 4.13. The average molecular weight is 455 g/mol. The summed E-state index contributed by atoms with van der Waals surface area (Å²) in [4.78, 5) is 13.9. The van der Waals surface area contributed by atoms with Crippen LogP contribution < -0.4 is 5.32 Å². The fourth-order valence-corrected chi connectivity index (χ4v) is 2.60. The van der Waals surface area contributed by atoms with Crippen molar-refractivity contribution in [2.45, 2.75) is 25.6 Å². The molecular formula is C20H22F5N7. The molecule has 0 atom stereocenters. The SMILES string of the molecule is C=N/C=C(\C=NCc1[nH]cnc1CCNC)C(F)(F)F.FC(F)c1cccc2ccnn12. The molecule has 3 heterocycles. The van der Waals surface area contributed by atoms with E-state index in [1.807, 2.05) is 7.05 Å². The fraction of sp³-hybridized carbons (Fsp3) is 0.300. The number of halogens is 5. The zero-order valence-electron chi connectivity index (χ0n) is 17.2. The van der Waals surface area contributed by atoms with Crippen molar-refractivity contribution in [3.05, 3.63) is 65.6 Å². The molecule has 0 amide bonds. The molecule has 172 valence electrons. The highest BCUT2D eigenvalue weighted by molar-refractivity contribution is 5.80. The molecule has 7 nitrogen and oxygen atoms in total. The molecule has 0 aliphatic carbocycles. The number of rotatable bonds is 8. The van der Waals surface area contributed by atoms with E-state index in [2.05, 4.69) is 37.1 Å². The number of alkyl halides is 5. The molecule has 0 saturated carbocycles. The van der Waals surface area contributed by atoms with E-state index in [-0.39, 0.29) is 12.2 Å². The summed E-state index contributed by atoms with van der Waals surface area (Å²) in [7, 11) is 1.81. The van der Waals surface area contributed by atoms with Crippen LogP contribution in [0.2, 0.25) is 0 Å². The molecule has 0 aromatic carbocycles. The number of nitrogens with one attached hydrogen (secondary N) is 2. The Morgan fingerprint density at radius 2 is 2.09 bits per heavy atom. The zero-order valence-corrected chi connectivity index (χ0v) is 17.2. The van der Waals surface area contributed by atoms with Gasteiger partial charge < -0.3 is 10.3 Å². The quantitative estimate of drug-likeness (QED) is 0.395. The normalized spacial score (nSPS) is 12.4. The van der Waals surface area contributed by atoms with Crippen LogP contribution in [0.25, 0.3) is 5.52 Å². The van der Waals surface area contributed by atoms with Gasteiger partial charge in [0, 0.05) is 31.6 Å². The van der Waals surface area contributed by atoms with Crippen LogP contribution in [0.1, 0.15) is 23.5 Å². The van der Waals surface area contributed by atoms with Crippen LogP contribution in [0.5, 0.6) is 0 Å². The zero-order chi connectivity index (χ0) is 23.6. The number of aliphatic imine (C=N–C) groups is 2. The van der Waals surface area contributed by atoms with E-state index in [1.54, 1.807) is 18.2 Å². The lowest BCUT2D eigenvalue weighted by molar-refractivity contribution is -0.0857. The van der Waals surface area contributed by atoms with Gasteiger partial charge in [-0.2, -0.15) is 18.3 Å². The third-order valence-electron chi connectivity index (χ3n) is 4.13. The third kappa shape index (κ3) is 7.08. The van der Waals surface area contributed by atoms with Crippen LogP contribution in [-0.2, 0) is 13.0 Å². The molecular weight excluding hydrogens is 433 g/mol. The number of hydrogen-bond donors (Lipinski definition) is 2. The lowest BCUT2D eigenvalue weighted by Gasteiger charge is -2.05. The van der Waals surface area contributed by atoms with Crippen LogP contribution in [-0.4, -0.2) is 52.3 Å². The van der Waals surface area contributed by atoms with Crippen LogP contribution in [0.15, 0.2) is 58.5 Å². The van der Waals surface area contributed by atoms with Crippen LogP contribution >= 0.6 is 0 Å². The molecule has 0 spiro atoms. The number of nitrogens with zero attached hydrogens (tertiary/aromatic N) is 5. The molecule has 2 N–H and O–H groups in total. The number of aromatic nitrogens is 4. The molecule has 3 aromatic heterocycles. The molecule has 0 unspecified atom stereocenters. The molecule has 0 aliphatic heterocycles. The number of allylic oxidation sites excluding steroid dienone is 1. The average Bonchev–Trinajstić information content (AvgIpc) is 3.40. The first-order chi connectivity index (χ1) is 15.3. The predicted molar refractivity (Wildman–Crippen MR) is 112 cm³/mol. The first-order valence-corrected chi connectivity index (χ1v) is 9.37. The van der Waals surface area contributed by atoms with Crippen molar-refractivity contribution >= 4 is 18.4 Å². The summed E-state index contributed by atoms with van der Waals surface area (Å²) in [5, 5.41) is 6.75. The summed E-state index contributed by atoms with van der Waals surface area (Å²) in [6.45, 7) is 3.84. The molecule has 0 saturated heterocycles. The minimum Gasteiger partial charge on any atom is -0.347 e. The number of fused-ring (bicyclic) bond motifs is 1. The highest BCUT2D eigenvalue weighted by Crippen LogP contribution is 2.24. The van der Waals surface area contributed by atoms with Crippen LogP contribution in [0.4, 0.5) is 22.0 Å². The van der Waals surface area contributed by atoms with Crippen molar-refractivity contribution in [3.8, 4) is 0 Å². The topological polar surface area (TPSA) is 82.7 Å². The Balaban J connectivity index is 0.000000255. The van der Waals surface area contributed by atoms with Crippen molar-refractivity contribution in [1.82, 2.24) is 24.9 Å². The largest absolute Gasteiger partial charge is 0.419 e. The Bertz CT molecular complexity index is 1050. The Labute approximate surface area is 180 Å². The first-order valence-electron chi connectivity index (χ1n) is 9.37. The number of likely N-dealkylation sites (N-methyl/N-ethyl adjacent to an activating group) is 1. The highest BCUT2D eigenvalue weighted by Gasteiger charge is 2.32. The standard InChI is InChI=1S/C12H16F3N5.C8H6F2N2/c1-16-4-3-10-11(20-8-19-10)7-18-6-9(5-17-2)12(13,14)15;9-8(10)7-3-1-2-6-4-5-11-12(6)7/h5-6,8,16H,2-4,7H2,1H3,(H,19,20);1-5,8H/b9-5+,18-6?;. The second kappa shape index (κ2) is 11.8. The smallest absolute Gasteiger partial charge is 0.347 e. The second-order valence-electron chi connectivity index (χ2n) is 6.34. The Kier molecular flexibility index (Phi) is 9.20. The fourth-order valence-electron chi connectivity index (χ4n) is 2.60. The Hall–Kier alpha value is -3.41. The van der Waals surface area contributed by atoms with Gasteiger partial charge in [0.05, 0.1) is 35.3 Å². The van der Waals surface area contributed by atoms with E-state index in [0.29, 0.717) is 23.8 Å². The van der Waals surface area contributed by atoms with E-state index in [9.17, 15) is 22.0 Å². The number of imidazole rings is 1. The summed E-state index contributed by atoms with van der Waals surface area (Å²) < 4.78 is 63.5. The van der Waals surface area contributed by atoms with Gasteiger partial charge in [-0.3, -0.25) is 9.98 Å². The van der Waals surface area contributed by atoms with E-state index in [0.717, 1.165) is 18.5 Å². The maximum atomic E-state index is 12.5. The van der Waals surface area contributed by atoms with Gasteiger partial charge in [0.2, 0.25) is 0 Å². The van der Waals surface area contributed by atoms with E-state index >= 15 is 0 Å². The van der Waals surface area contributed by atoms with Gasteiger partial charge in [0.25, 0.3) is 6.43 Å². The Morgan fingerprint density at radius 1 is 1.31 bits per heavy atom. The molecule has 3 aromatic rings. The maximum Gasteiger partial charge on any atom is 0.419 e. The molecule has 0 fully saturated rings. The summed E-state index contributed by atoms with van der Waals surface area (Å²) in [5.74, 6) is 0. The maximum absolute atomic E-state index is 12.5. The van der Waals surface area contributed by atoms with E-state index in [1.165, 1.54) is 23.1 Å². The van der Waals surface area contributed by atoms with E-state index < -0.39 is 18.2 Å². The monoisotopic (exact) mass is 455 g/mol. The second-order valence-corrected chi connectivity index (χ2v) is 6.34. The summed E-state index contributed by atoms with van der Waals surface area (Å²) in [6.07, 6.45) is -1.90.